The van der Waals surface area contributed by atoms with Crippen LogP contribution in [-0.2, 0) is 4.79 Å². The van der Waals surface area contributed by atoms with Gasteiger partial charge in [0, 0.05) is 25.4 Å². The zero-order chi connectivity index (χ0) is 12.8. The number of anilines is 1. The van der Waals surface area contributed by atoms with Gasteiger partial charge in [0.05, 0.1) is 11.9 Å². The SMILES string of the molecule is CNCCC(=O)Nc1ccc(-n2cccn2)nc1. The maximum absolute atomic E-state index is 11.5. The first-order valence-electron chi connectivity index (χ1n) is 5.70. The molecule has 2 aromatic rings. The highest BCUT2D eigenvalue weighted by Crippen LogP contribution is 2.09. The van der Waals surface area contributed by atoms with Crippen molar-refractivity contribution in [3.63, 3.8) is 0 Å². The van der Waals surface area contributed by atoms with E-state index in [9.17, 15) is 4.79 Å². The van der Waals surface area contributed by atoms with Crippen LogP contribution in [0.25, 0.3) is 5.82 Å². The molecule has 0 aliphatic heterocycles. The average Bonchev–Trinajstić information content (AvgIpc) is 2.91. The summed E-state index contributed by atoms with van der Waals surface area (Å²) in [7, 11) is 1.81. The molecule has 0 aliphatic rings. The molecule has 0 atom stereocenters. The maximum atomic E-state index is 11.5. The zero-order valence-corrected chi connectivity index (χ0v) is 10.1. The van der Waals surface area contributed by atoms with Gasteiger partial charge in [0.2, 0.25) is 5.91 Å². The van der Waals surface area contributed by atoms with Crippen molar-refractivity contribution in [2.75, 3.05) is 18.9 Å². The Balaban J connectivity index is 1.98. The summed E-state index contributed by atoms with van der Waals surface area (Å²) in [5.74, 6) is 0.686. The summed E-state index contributed by atoms with van der Waals surface area (Å²) in [5.41, 5.74) is 0.687. The molecule has 0 saturated carbocycles. The van der Waals surface area contributed by atoms with Gasteiger partial charge < -0.3 is 10.6 Å². The first-order valence-corrected chi connectivity index (χ1v) is 5.70. The van der Waals surface area contributed by atoms with E-state index in [1.54, 1.807) is 29.2 Å². The molecule has 0 spiro atoms. The molecule has 0 aromatic carbocycles. The molecule has 0 saturated heterocycles. The smallest absolute Gasteiger partial charge is 0.225 e. The minimum Gasteiger partial charge on any atom is -0.325 e. The van der Waals surface area contributed by atoms with Gasteiger partial charge in [-0.05, 0) is 25.2 Å². The molecular weight excluding hydrogens is 230 g/mol. The molecular formula is C12H15N5O. The standard InChI is InChI=1S/C12H15N5O/c1-13-7-5-12(18)16-10-3-4-11(14-9-10)17-8-2-6-15-17/h2-4,6,8-9,13H,5,7H2,1H3,(H,16,18). The van der Waals surface area contributed by atoms with Gasteiger partial charge in [-0.1, -0.05) is 0 Å². The molecule has 6 heteroatoms. The maximum Gasteiger partial charge on any atom is 0.225 e. The van der Waals surface area contributed by atoms with Crippen molar-refractivity contribution in [2.45, 2.75) is 6.42 Å². The number of carbonyl (C=O) groups excluding carboxylic acids is 1. The fraction of sp³-hybridized carbons (Fsp3) is 0.250. The molecule has 2 N–H and O–H groups in total. The average molecular weight is 245 g/mol. The zero-order valence-electron chi connectivity index (χ0n) is 10.1. The molecule has 0 unspecified atom stereocenters. The van der Waals surface area contributed by atoms with Crippen molar-refractivity contribution in [3.05, 3.63) is 36.8 Å². The van der Waals surface area contributed by atoms with Crippen molar-refractivity contribution in [3.8, 4) is 5.82 Å². The van der Waals surface area contributed by atoms with Crippen LogP contribution >= 0.6 is 0 Å². The third kappa shape index (κ3) is 3.14. The van der Waals surface area contributed by atoms with Crippen LogP contribution in [0.4, 0.5) is 5.69 Å². The summed E-state index contributed by atoms with van der Waals surface area (Å²) in [5, 5.41) is 9.78. The van der Waals surface area contributed by atoms with Crippen LogP contribution in [0.1, 0.15) is 6.42 Å². The molecule has 0 radical (unpaired) electrons. The summed E-state index contributed by atoms with van der Waals surface area (Å²) in [6, 6.07) is 5.44. The number of carbonyl (C=O) groups is 1. The van der Waals surface area contributed by atoms with Gasteiger partial charge in [-0.15, -0.1) is 0 Å². The van der Waals surface area contributed by atoms with Gasteiger partial charge in [0.15, 0.2) is 5.82 Å². The lowest BCUT2D eigenvalue weighted by atomic mass is 10.3. The molecule has 1 amide bonds. The van der Waals surface area contributed by atoms with Crippen LogP contribution in [-0.4, -0.2) is 34.3 Å². The lowest BCUT2D eigenvalue weighted by Gasteiger charge is -2.05. The summed E-state index contributed by atoms with van der Waals surface area (Å²) in [6.07, 6.45) is 5.56. The van der Waals surface area contributed by atoms with E-state index in [-0.39, 0.29) is 5.91 Å². The number of rotatable bonds is 5. The van der Waals surface area contributed by atoms with Gasteiger partial charge >= 0.3 is 0 Å². The fourth-order valence-electron chi connectivity index (χ4n) is 1.46. The lowest BCUT2D eigenvalue weighted by molar-refractivity contribution is -0.116. The molecule has 2 aromatic heterocycles. The third-order valence-corrected chi connectivity index (χ3v) is 2.37. The van der Waals surface area contributed by atoms with Crippen molar-refractivity contribution in [2.24, 2.45) is 0 Å². The first-order chi connectivity index (χ1) is 8.79. The minimum atomic E-state index is -0.0296. The van der Waals surface area contributed by atoms with Crippen molar-refractivity contribution < 1.29 is 4.79 Å². The van der Waals surface area contributed by atoms with Crippen molar-refractivity contribution in [1.82, 2.24) is 20.1 Å². The summed E-state index contributed by atoms with van der Waals surface area (Å²) in [4.78, 5) is 15.7. The largest absolute Gasteiger partial charge is 0.325 e. The molecule has 2 rings (SSSR count). The summed E-state index contributed by atoms with van der Waals surface area (Å²) < 4.78 is 1.66. The Labute approximate surface area is 105 Å². The quantitative estimate of drug-likeness (QED) is 0.818. The van der Waals surface area contributed by atoms with Crippen LogP contribution in [0.5, 0.6) is 0 Å². The van der Waals surface area contributed by atoms with E-state index in [1.807, 2.05) is 19.3 Å². The number of aromatic nitrogens is 3. The van der Waals surface area contributed by atoms with E-state index in [4.69, 9.17) is 0 Å². The number of amides is 1. The monoisotopic (exact) mass is 245 g/mol. The van der Waals surface area contributed by atoms with E-state index < -0.39 is 0 Å². The molecule has 2 heterocycles. The van der Waals surface area contributed by atoms with Gasteiger partial charge in [-0.3, -0.25) is 4.79 Å². The Kier molecular flexibility index (Phi) is 4.03. The summed E-state index contributed by atoms with van der Waals surface area (Å²) in [6.45, 7) is 0.657. The van der Waals surface area contributed by atoms with E-state index in [0.717, 1.165) is 0 Å². The van der Waals surface area contributed by atoms with Crippen molar-refractivity contribution >= 4 is 11.6 Å². The van der Waals surface area contributed by atoms with E-state index >= 15 is 0 Å². The molecule has 0 fully saturated rings. The number of pyridine rings is 1. The van der Waals surface area contributed by atoms with Gasteiger partial charge in [-0.25, -0.2) is 9.67 Å². The minimum absolute atomic E-state index is 0.0296. The molecule has 0 aliphatic carbocycles. The van der Waals surface area contributed by atoms with Gasteiger partial charge in [0.1, 0.15) is 0 Å². The van der Waals surface area contributed by atoms with Crippen molar-refractivity contribution in [1.29, 1.82) is 0 Å². The lowest BCUT2D eigenvalue weighted by Crippen LogP contribution is -2.18. The van der Waals surface area contributed by atoms with E-state index in [2.05, 4.69) is 20.7 Å². The summed E-state index contributed by atoms with van der Waals surface area (Å²) >= 11 is 0. The first kappa shape index (κ1) is 12.3. The predicted molar refractivity (Wildman–Crippen MR) is 68.5 cm³/mol. The molecule has 0 bridgehead atoms. The Hall–Kier alpha value is -2.21. The third-order valence-electron chi connectivity index (χ3n) is 2.37. The normalized spacial score (nSPS) is 10.3. The van der Waals surface area contributed by atoms with Crippen LogP contribution in [0.15, 0.2) is 36.8 Å². The highest BCUT2D eigenvalue weighted by Gasteiger charge is 2.02. The second-order valence-corrected chi connectivity index (χ2v) is 3.76. The van der Waals surface area contributed by atoms with Crippen LogP contribution in [0.3, 0.4) is 0 Å². The van der Waals surface area contributed by atoms with Gasteiger partial charge in [0.25, 0.3) is 0 Å². The Morgan fingerprint density at radius 1 is 1.44 bits per heavy atom. The number of nitrogens with zero attached hydrogens (tertiary/aromatic N) is 3. The Bertz CT molecular complexity index is 492. The highest BCUT2D eigenvalue weighted by molar-refractivity contribution is 5.90. The Morgan fingerprint density at radius 2 is 2.33 bits per heavy atom. The van der Waals surface area contributed by atoms with Crippen LogP contribution < -0.4 is 10.6 Å². The topological polar surface area (TPSA) is 71.8 Å². The van der Waals surface area contributed by atoms with E-state index in [0.29, 0.717) is 24.5 Å². The van der Waals surface area contributed by atoms with E-state index in [1.165, 1.54) is 0 Å². The number of nitrogens with one attached hydrogen (secondary N) is 2. The second kappa shape index (κ2) is 5.92. The van der Waals surface area contributed by atoms with Crippen LogP contribution in [0, 0.1) is 0 Å². The Morgan fingerprint density at radius 3 is 2.94 bits per heavy atom. The molecule has 94 valence electrons. The van der Waals surface area contributed by atoms with Crippen LogP contribution in [0.2, 0.25) is 0 Å². The predicted octanol–water partition coefficient (Wildman–Crippen LogP) is 0.815. The molecule has 6 nitrogen and oxygen atoms in total. The number of hydrogen-bond donors (Lipinski definition) is 2. The second-order valence-electron chi connectivity index (χ2n) is 3.76. The molecule has 18 heavy (non-hydrogen) atoms. The fourth-order valence-corrected chi connectivity index (χ4v) is 1.46. The van der Waals surface area contributed by atoms with Gasteiger partial charge in [-0.2, -0.15) is 5.10 Å². The highest BCUT2D eigenvalue weighted by atomic mass is 16.1. The number of hydrogen-bond acceptors (Lipinski definition) is 4.